The third kappa shape index (κ3) is 2.31. The maximum atomic E-state index is 11.5. The maximum Gasteiger partial charge on any atom is 0.224 e. The van der Waals surface area contributed by atoms with Crippen LogP contribution >= 0.6 is 22.9 Å². The molecule has 1 unspecified atom stereocenters. The molecule has 0 saturated carbocycles. The van der Waals surface area contributed by atoms with Gasteiger partial charge in [-0.05, 0) is 12.1 Å². The molecule has 0 aliphatic carbocycles. The van der Waals surface area contributed by atoms with Crippen LogP contribution in [0.25, 0.3) is 0 Å². The van der Waals surface area contributed by atoms with Crippen molar-refractivity contribution in [2.24, 2.45) is 5.92 Å². The Balaban J connectivity index is 2.02. The summed E-state index contributed by atoms with van der Waals surface area (Å²) < 4.78 is 0.730. The van der Waals surface area contributed by atoms with Crippen LogP contribution in [0, 0.1) is 17.2 Å². The summed E-state index contributed by atoms with van der Waals surface area (Å²) >= 11 is 7.28. The molecule has 0 bridgehead atoms. The Kier molecular flexibility index (Phi) is 2.94. The molecule has 1 saturated heterocycles. The van der Waals surface area contributed by atoms with Crippen LogP contribution in [0.2, 0.25) is 4.34 Å². The van der Waals surface area contributed by atoms with Crippen molar-refractivity contribution in [3.8, 4) is 6.07 Å². The van der Waals surface area contributed by atoms with Crippen LogP contribution in [0.3, 0.4) is 0 Å². The lowest BCUT2D eigenvalue weighted by atomic mass is 10.1. The summed E-state index contributed by atoms with van der Waals surface area (Å²) in [6.45, 7) is 1.12. The lowest BCUT2D eigenvalue weighted by Crippen LogP contribution is -2.23. The number of hydrogen-bond acceptors (Lipinski definition) is 3. The molecule has 0 aromatic carbocycles. The van der Waals surface area contributed by atoms with Crippen molar-refractivity contribution in [3.05, 3.63) is 21.3 Å². The van der Waals surface area contributed by atoms with Gasteiger partial charge in [-0.2, -0.15) is 5.26 Å². The second kappa shape index (κ2) is 4.21. The molecular formula is C10H9ClN2OS. The van der Waals surface area contributed by atoms with Gasteiger partial charge in [-0.3, -0.25) is 4.79 Å². The predicted molar refractivity (Wildman–Crippen MR) is 58.5 cm³/mol. The van der Waals surface area contributed by atoms with Crippen molar-refractivity contribution in [3.63, 3.8) is 0 Å². The summed E-state index contributed by atoms with van der Waals surface area (Å²) in [4.78, 5) is 14.3. The van der Waals surface area contributed by atoms with Gasteiger partial charge >= 0.3 is 0 Å². The molecule has 2 rings (SSSR count). The molecule has 15 heavy (non-hydrogen) atoms. The lowest BCUT2D eigenvalue weighted by molar-refractivity contribution is -0.128. The number of carbonyl (C=O) groups is 1. The van der Waals surface area contributed by atoms with Gasteiger partial charge in [0.25, 0.3) is 0 Å². The Morgan fingerprint density at radius 1 is 1.67 bits per heavy atom. The minimum absolute atomic E-state index is 0.0612. The van der Waals surface area contributed by atoms with Gasteiger partial charge in [-0.15, -0.1) is 11.3 Å². The summed E-state index contributed by atoms with van der Waals surface area (Å²) in [7, 11) is 0. The molecule has 0 N–H and O–H groups in total. The highest BCUT2D eigenvalue weighted by atomic mass is 35.5. The van der Waals surface area contributed by atoms with E-state index in [-0.39, 0.29) is 11.8 Å². The highest BCUT2D eigenvalue weighted by Crippen LogP contribution is 2.25. The van der Waals surface area contributed by atoms with E-state index in [0.717, 1.165) is 9.21 Å². The smallest absolute Gasteiger partial charge is 0.224 e. The fourth-order valence-electron chi connectivity index (χ4n) is 1.64. The van der Waals surface area contributed by atoms with Gasteiger partial charge in [0.2, 0.25) is 5.91 Å². The summed E-state index contributed by atoms with van der Waals surface area (Å²) in [5, 5.41) is 8.72. The predicted octanol–water partition coefficient (Wildman–Crippen LogP) is 2.27. The second-order valence-corrected chi connectivity index (χ2v) is 5.31. The quantitative estimate of drug-likeness (QED) is 0.796. The van der Waals surface area contributed by atoms with E-state index < -0.39 is 0 Å². The number of nitrogens with zero attached hydrogens (tertiary/aromatic N) is 2. The number of thiophene rings is 1. The van der Waals surface area contributed by atoms with Gasteiger partial charge in [0, 0.05) is 17.8 Å². The molecule has 1 aromatic rings. The first-order valence-electron chi connectivity index (χ1n) is 4.60. The lowest BCUT2D eigenvalue weighted by Gasteiger charge is -2.13. The number of likely N-dealkylation sites (tertiary alicyclic amines) is 1. The molecule has 1 fully saturated rings. The molecule has 5 heteroatoms. The van der Waals surface area contributed by atoms with Crippen LogP contribution in [0.5, 0.6) is 0 Å². The molecule has 1 aliphatic rings. The van der Waals surface area contributed by atoms with Crippen LogP contribution < -0.4 is 0 Å². The van der Waals surface area contributed by atoms with E-state index in [2.05, 4.69) is 6.07 Å². The molecule has 3 nitrogen and oxygen atoms in total. The summed E-state index contributed by atoms with van der Waals surface area (Å²) in [6.07, 6.45) is 0.357. The number of amides is 1. The van der Waals surface area contributed by atoms with E-state index in [9.17, 15) is 4.79 Å². The van der Waals surface area contributed by atoms with Crippen molar-refractivity contribution in [1.29, 1.82) is 5.26 Å². The molecule has 0 spiro atoms. The van der Waals surface area contributed by atoms with Crippen molar-refractivity contribution in [2.45, 2.75) is 13.0 Å². The van der Waals surface area contributed by atoms with Crippen molar-refractivity contribution in [2.75, 3.05) is 6.54 Å². The number of nitriles is 1. The van der Waals surface area contributed by atoms with Gasteiger partial charge in [0.15, 0.2) is 0 Å². The Hall–Kier alpha value is -1.05. The minimum Gasteiger partial charge on any atom is -0.336 e. The van der Waals surface area contributed by atoms with E-state index in [0.29, 0.717) is 19.5 Å². The number of carbonyl (C=O) groups excluding carboxylic acids is 1. The van der Waals surface area contributed by atoms with E-state index in [1.165, 1.54) is 11.3 Å². The molecule has 2 heterocycles. The standard InChI is InChI=1S/C10H9ClN2OS/c11-9-2-1-8(15-9)6-13-5-7(4-12)3-10(13)14/h1-2,7H,3,5-6H2. The molecule has 1 amide bonds. The first-order valence-corrected chi connectivity index (χ1v) is 5.80. The van der Waals surface area contributed by atoms with E-state index in [1.807, 2.05) is 12.1 Å². The van der Waals surface area contributed by atoms with Crippen LogP contribution in [-0.4, -0.2) is 17.4 Å². The molecule has 78 valence electrons. The third-order valence-corrected chi connectivity index (χ3v) is 3.59. The van der Waals surface area contributed by atoms with Gasteiger partial charge in [-0.25, -0.2) is 0 Å². The zero-order valence-electron chi connectivity index (χ0n) is 7.94. The summed E-state index contributed by atoms with van der Waals surface area (Å²) in [5.41, 5.74) is 0. The molecule has 0 radical (unpaired) electrons. The van der Waals surface area contributed by atoms with E-state index in [4.69, 9.17) is 16.9 Å². The minimum atomic E-state index is -0.145. The third-order valence-electron chi connectivity index (χ3n) is 2.37. The van der Waals surface area contributed by atoms with Crippen molar-refractivity contribution in [1.82, 2.24) is 4.90 Å². The van der Waals surface area contributed by atoms with Crippen LogP contribution in [0.4, 0.5) is 0 Å². The molecule has 1 aliphatic heterocycles. The average Bonchev–Trinajstić information content (AvgIpc) is 2.75. The van der Waals surface area contributed by atoms with Gasteiger partial charge in [0.1, 0.15) is 0 Å². The number of rotatable bonds is 2. The van der Waals surface area contributed by atoms with Crippen LogP contribution in [0.1, 0.15) is 11.3 Å². The first kappa shape index (κ1) is 10.5. The second-order valence-electron chi connectivity index (χ2n) is 3.51. The van der Waals surface area contributed by atoms with Gasteiger partial charge < -0.3 is 4.90 Å². The van der Waals surface area contributed by atoms with Gasteiger partial charge in [0.05, 0.1) is 22.9 Å². The van der Waals surface area contributed by atoms with Crippen molar-refractivity contribution < 1.29 is 4.79 Å². The Morgan fingerprint density at radius 2 is 2.47 bits per heavy atom. The summed E-state index contributed by atoms with van der Waals surface area (Å²) in [5.74, 6) is -0.0843. The average molecular weight is 241 g/mol. The van der Waals surface area contributed by atoms with Gasteiger partial charge in [-0.1, -0.05) is 11.6 Å². The maximum absolute atomic E-state index is 11.5. The Bertz CT molecular complexity index is 423. The topological polar surface area (TPSA) is 44.1 Å². The molecule has 1 atom stereocenters. The highest BCUT2D eigenvalue weighted by Gasteiger charge is 2.29. The Labute approximate surface area is 96.9 Å². The van der Waals surface area contributed by atoms with Crippen molar-refractivity contribution >= 4 is 28.8 Å². The zero-order chi connectivity index (χ0) is 10.8. The largest absolute Gasteiger partial charge is 0.336 e. The zero-order valence-corrected chi connectivity index (χ0v) is 9.51. The first-order chi connectivity index (χ1) is 7.19. The number of hydrogen-bond donors (Lipinski definition) is 0. The SMILES string of the molecule is N#CC1CC(=O)N(Cc2ccc(Cl)s2)C1. The monoisotopic (exact) mass is 240 g/mol. The molecule has 1 aromatic heterocycles. The van der Waals surface area contributed by atoms with Crippen LogP contribution in [-0.2, 0) is 11.3 Å². The fourth-order valence-corrected chi connectivity index (χ4v) is 2.74. The fraction of sp³-hybridized carbons (Fsp3) is 0.400. The van der Waals surface area contributed by atoms with E-state index >= 15 is 0 Å². The highest BCUT2D eigenvalue weighted by molar-refractivity contribution is 7.16. The van der Waals surface area contributed by atoms with E-state index in [1.54, 1.807) is 4.90 Å². The normalized spacial score (nSPS) is 20.7. The summed E-state index contributed by atoms with van der Waals surface area (Å²) in [6, 6.07) is 5.87. The number of halogens is 1. The Morgan fingerprint density at radius 3 is 3.00 bits per heavy atom. The molecular weight excluding hydrogens is 232 g/mol. The van der Waals surface area contributed by atoms with Crippen LogP contribution in [0.15, 0.2) is 12.1 Å².